The van der Waals surface area contributed by atoms with Gasteiger partial charge in [0.1, 0.15) is 0 Å². The van der Waals surface area contributed by atoms with Gasteiger partial charge >= 0.3 is 0 Å². The van der Waals surface area contributed by atoms with Crippen LogP contribution in [0.4, 0.5) is 8.78 Å². The second kappa shape index (κ2) is 5.39. The molecular formula is C10H18F2N2O. The number of hydrogen-bond acceptors (Lipinski definition) is 2. The Balaban J connectivity index is 2.53. The maximum Gasteiger partial charge on any atom is 0.253 e. The number of carbonyl (C=O) groups is 1. The molecule has 0 aromatic rings. The first kappa shape index (κ1) is 12.4. The van der Waals surface area contributed by atoms with E-state index in [1.54, 1.807) is 19.0 Å². The summed E-state index contributed by atoms with van der Waals surface area (Å²) < 4.78 is 25.3. The number of piperidine rings is 1. The molecule has 1 heterocycles. The largest absolute Gasteiger partial charge is 0.348 e. The Hall–Kier alpha value is -0.710. The molecule has 0 saturated carbocycles. The van der Waals surface area contributed by atoms with Gasteiger partial charge in [0.05, 0.1) is 12.6 Å². The summed E-state index contributed by atoms with van der Waals surface area (Å²) in [4.78, 5) is 14.5. The molecule has 1 aliphatic heterocycles. The van der Waals surface area contributed by atoms with Crippen LogP contribution in [-0.4, -0.2) is 55.4 Å². The van der Waals surface area contributed by atoms with Gasteiger partial charge in [-0.3, -0.25) is 9.69 Å². The van der Waals surface area contributed by atoms with E-state index in [0.717, 1.165) is 12.8 Å². The second-order valence-corrected chi connectivity index (χ2v) is 4.16. The van der Waals surface area contributed by atoms with Crippen molar-refractivity contribution in [3.63, 3.8) is 0 Å². The van der Waals surface area contributed by atoms with Gasteiger partial charge in [-0.05, 0) is 19.4 Å². The Morgan fingerprint density at radius 1 is 1.47 bits per heavy atom. The Morgan fingerprint density at radius 3 is 2.67 bits per heavy atom. The van der Waals surface area contributed by atoms with Crippen LogP contribution in [0.2, 0.25) is 0 Å². The lowest BCUT2D eigenvalue weighted by molar-refractivity contribution is -0.132. The van der Waals surface area contributed by atoms with Crippen LogP contribution in [0.15, 0.2) is 0 Å². The van der Waals surface area contributed by atoms with E-state index in [1.807, 2.05) is 0 Å². The van der Waals surface area contributed by atoms with E-state index in [-0.39, 0.29) is 12.5 Å². The molecule has 15 heavy (non-hydrogen) atoms. The second-order valence-electron chi connectivity index (χ2n) is 4.16. The van der Waals surface area contributed by atoms with Crippen LogP contribution < -0.4 is 0 Å². The zero-order chi connectivity index (χ0) is 11.4. The summed E-state index contributed by atoms with van der Waals surface area (Å²) >= 11 is 0. The van der Waals surface area contributed by atoms with Crippen molar-refractivity contribution in [2.45, 2.75) is 31.7 Å². The van der Waals surface area contributed by atoms with E-state index in [4.69, 9.17) is 0 Å². The van der Waals surface area contributed by atoms with Crippen LogP contribution >= 0.6 is 0 Å². The standard InChI is InChI=1S/C10H18F2N2O/c1-13(2)9(15)7-14-6-4-3-5-8(14)10(11)12/h8,10H,3-7H2,1-2H3/t8-/m1/s1. The molecule has 0 spiro atoms. The highest BCUT2D eigenvalue weighted by Crippen LogP contribution is 2.21. The number of hydrogen-bond donors (Lipinski definition) is 0. The number of carbonyl (C=O) groups excluding carboxylic acids is 1. The van der Waals surface area contributed by atoms with Crippen molar-refractivity contribution in [1.29, 1.82) is 0 Å². The topological polar surface area (TPSA) is 23.6 Å². The zero-order valence-electron chi connectivity index (χ0n) is 9.25. The normalized spacial score (nSPS) is 23.1. The first-order valence-electron chi connectivity index (χ1n) is 5.24. The third-order valence-corrected chi connectivity index (χ3v) is 2.79. The molecule has 0 unspecified atom stereocenters. The number of nitrogens with zero attached hydrogens (tertiary/aromatic N) is 2. The average Bonchev–Trinajstić information content (AvgIpc) is 2.18. The molecule has 0 bridgehead atoms. The van der Waals surface area contributed by atoms with Gasteiger partial charge < -0.3 is 4.90 Å². The number of halogens is 2. The summed E-state index contributed by atoms with van der Waals surface area (Å²) in [5, 5.41) is 0. The molecule has 0 radical (unpaired) electrons. The van der Waals surface area contributed by atoms with Crippen LogP contribution in [0.25, 0.3) is 0 Å². The maximum absolute atomic E-state index is 12.7. The van der Waals surface area contributed by atoms with Crippen molar-refractivity contribution >= 4 is 5.91 Å². The lowest BCUT2D eigenvalue weighted by Crippen LogP contribution is -2.48. The Bertz CT molecular complexity index is 221. The van der Waals surface area contributed by atoms with E-state index < -0.39 is 12.5 Å². The summed E-state index contributed by atoms with van der Waals surface area (Å²) in [7, 11) is 3.29. The fourth-order valence-electron chi connectivity index (χ4n) is 1.81. The molecule has 1 saturated heterocycles. The van der Waals surface area contributed by atoms with Crippen molar-refractivity contribution in [2.24, 2.45) is 0 Å². The summed E-state index contributed by atoms with van der Waals surface area (Å²) in [6.07, 6.45) is -0.107. The van der Waals surface area contributed by atoms with E-state index in [2.05, 4.69) is 0 Å². The SMILES string of the molecule is CN(C)C(=O)CN1CCCC[C@@H]1C(F)F. The summed E-state index contributed by atoms with van der Waals surface area (Å²) in [6, 6.07) is -0.734. The van der Waals surface area contributed by atoms with Gasteiger partial charge in [-0.25, -0.2) is 8.78 Å². The number of rotatable bonds is 3. The van der Waals surface area contributed by atoms with Gasteiger partial charge in [0.25, 0.3) is 6.43 Å². The van der Waals surface area contributed by atoms with E-state index in [0.29, 0.717) is 13.0 Å². The van der Waals surface area contributed by atoms with Crippen LogP contribution in [0.3, 0.4) is 0 Å². The van der Waals surface area contributed by atoms with Crippen LogP contribution in [-0.2, 0) is 4.79 Å². The van der Waals surface area contributed by atoms with Crippen LogP contribution in [0, 0.1) is 0 Å². The first-order chi connectivity index (χ1) is 7.02. The molecule has 1 aliphatic rings. The molecule has 1 fully saturated rings. The Labute approximate surface area is 89.0 Å². The van der Waals surface area contributed by atoms with Crippen LogP contribution in [0.5, 0.6) is 0 Å². The van der Waals surface area contributed by atoms with Gasteiger partial charge in [-0.15, -0.1) is 0 Å². The molecule has 88 valence electrons. The Morgan fingerprint density at radius 2 is 2.13 bits per heavy atom. The number of likely N-dealkylation sites (N-methyl/N-ethyl adjacent to an activating group) is 1. The van der Waals surface area contributed by atoms with Gasteiger partial charge in [0, 0.05) is 14.1 Å². The number of likely N-dealkylation sites (tertiary alicyclic amines) is 1. The molecule has 0 aromatic carbocycles. The molecule has 5 heteroatoms. The fourth-order valence-corrected chi connectivity index (χ4v) is 1.81. The molecule has 1 atom stereocenters. The van der Waals surface area contributed by atoms with E-state index >= 15 is 0 Å². The number of amides is 1. The molecular weight excluding hydrogens is 202 g/mol. The summed E-state index contributed by atoms with van der Waals surface area (Å²) in [5.41, 5.74) is 0. The first-order valence-corrected chi connectivity index (χ1v) is 5.24. The molecule has 3 nitrogen and oxygen atoms in total. The fraction of sp³-hybridized carbons (Fsp3) is 0.900. The predicted octanol–water partition coefficient (Wildman–Crippen LogP) is 1.19. The van der Waals surface area contributed by atoms with E-state index in [9.17, 15) is 13.6 Å². The highest BCUT2D eigenvalue weighted by atomic mass is 19.3. The third-order valence-electron chi connectivity index (χ3n) is 2.79. The van der Waals surface area contributed by atoms with Gasteiger partial charge in [-0.2, -0.15) is 0 Å². The predicted molar refractivity (Wildman–Crippen MR) is 53.9 cm³/mol. The lowest BCUT2D eigenvalue weighted by atomic mass is 10.0. The molecule has 1 amide bonds. The van der Waals surface area contributed by atoms with Gasteiger partial charge in [-0.1, -0.05) is 6.42 Å². The smallest absolute Gasteiger partial charge is 0.253 e. The zero-order valence-corrected chi connectivity index (χ0v) is 9.25. The van der Waals surface area contributed by atoms with Gasteiger partial charge in [0.15, 0.2) is 0 Å². The van der Waals surface area contributed by atoms with Gasteiger partial charge in [0.2, 0.25) is 5.91 Å². The van der Waals surface area contributed by atoms with Crippen molar-refractivity contribution in [1.82, 2.24) is 9.80 Å². The molecule has 0 N–H and O–H groups in total. The molecule has 1 rings (SSSR count). The molecule has 0 aliphatic carbocycles. The quantitative estimate of drug-likeness (QED) is 0.713. The van der Waals surface area contributed by atoms with Crippen molar-refractivity contribution in [2.75, 3.05) is 27.2 Å². The summed E-state index contributed by atoms with van der Waals surface area (Å²) in [5.74, 6) is -0.109. The highest BCUT2D eigenvalue weighted by molar-refractivity contribution is 5.77. The number of alkyl halides is 2. The van der Waals surface area contributed by atoms with Crippen molar-refractivity contribution in [3.05, 3.63) is 0 Å². The average molecular weight is 220 g/mol. The van der Waals surface area contributed by atoms with E-state index in [1.165, 1.54) is 4.90 Å². The minimum Gasteiger partial charge on any atom is -0.348 e. The minimum absolute atomic E-state index is 0.109. The lowest BCUT2D eigenvalue weighted by Gasteiger charge is -2.35. The van der Waals surface area contributed by atoms with Crippen LogP contribution in [0.1, 0.15) is 19.3 Å². The monoisotopic (exact) mass is 220 g/mol. The highest BCUT2D eigenvalue weighted by Gasteiger charge is 2.31. The summed E-state index contributed by atoms with van der Waals surface area (Å²) in [6.45, 7) is 0.719. The van der Waals surface area contributed by atoms with Crippen molar-refractivity contribution < 1.29 is 13.6 Å². The Kier molecular flexibility index (Phi) is 4.45. The minimum atomic E-state index is -2.35. The third kappa shape index (κ3) is 3.41. The maximum atomic E-state index is 12.7. The molecule has 0 aromatic heterocycles. The van der Waals surface area contributed by atoms with Crippen molar-refractivity contribution in [3.8, 4) is 0 Å².